The molecule has 1 fully saturated rings. The van der Waals surface area contributed by atoms with Crippen LogP contribution in [0.1, 0.15) is 12.8 Å². The molecule has 10 nitrogen and oxygen atoms in total. The molecule has 3 rings (SSSR count). The van der Waals surface area contributed by atoms with Crippen molar-refractivity contribution in [3.63, 3.8) is 0 Å². The molecule has 0 radical (unpaired) electrons. The van der Waals surface area contributed by atoms with Crippen molar-refractivity contribution in [1.29, 1.82) is 0 Å². The molecule has 0 spiro atoms. The van der Waals surface area contributed by atoms with E-state index in [1.807, 2.05) is 0 Å². The van der Waals surface area contributed by atoms with Gasteiger partial charge in [-0.2, -0.15) is 5.10 Å². The maximum Gasteiger partial charge on any atom is 0.254 e. The molecule has 3 heterocycles. The molecule has 0 unspecified atom stereocenters. The highest BCUT2D eigenvalue weighted by atomic mass is 35.5. The van der Waals surface area contributed by atoms with E-state index in [4.69, 9.17) is 0 Å². The van der Waals surface area contributed by atoms with E-state index >= 15 is 0 Å². The fraction of sp³-hybridized carbons (Fsp3) is 0.500. The van der Waals surface area contributed by atoms with Crippen molar-refractivity contribution in [2.75, 3.05) is 29.4 Å². The molecule has 1 saturated heterocycles. The topological polar surface area (TPSA) is 131 Å². The number of aromatic nitrogens is 4. The molecule has 1 amide bonds. The van der Waals surface area contributed by atoms with Gasteiger partial charge in [-0.1, -0.05) is 11.3 Å². The minimum Gasteiger partial charge on any atom is -0.317 e. The highest BCUT2D eigenvalue weighted by molar-refractivity contribution is 7.92. The van der Waals surface area contributed by atoms with Crippen LogP contribution < -0.4 is 15.4 Å². The van der Waals surface area contributed by atoms with Crippen molar-refractivity contribution in [2.24, 2.45) is 0 Å². The first-order valence-corrected chi connectivity index (χ1v) is 9.93. The van der Waals surface area contributed by atoms with E-state index in [-0.39, 0.29) is 28.6 Å². The Morgan fingerprint density at radius 1 is 1.32 bits per heavy atom. The van der Waals surface area contributed by atoms with Gasteiger partial charge in [-0.15, -0.1) is 22.6 Å². The van der Waals surface area contributed by atoms with E-state index in [9.17, 15) is 13.2 Å². The summed E-state index contributed by atoms with van der Waals surface area (Å²) in [4.78, 5) is 12.9. The van der Waals surface area contributed by atoms with Crippen LogP contribution in [0.2, 0.25) is 0 Å². The lowest BCUT2D eigenvalue weighted by atomic mass is 9.87. The number of carbonyl (C=O) groups excluding carboxylic acids is 1. The van der Waals surface area contributed by atoms with Crippen LogP contribution >= 0.6 is 23.7 Å². The van der Waals surface area contributed by atoms with Gasteiger partial charge in [0.1, 0.15) is 5.54 Å². The Balaban J connectivity index is 0.00000225. The smallest absolute Gasteiger partial charge is 0.254 e. The van der Waals surface area contributed by atoms with Crippen LogP contribution in [0.15, 0.2) is 18.5 Å². The van der Waals surface area contributed by atoms with Gasteiger partial charge in [0.05, 0.1) is 6.26 Å². The molecule has 0 atom stereocenters. The number of nitrogens with zero attached hydrogens (tertiary/aromatic N) is 4. The largest absolute Gasteiger partial charge is 0.317 e. The van der Waals surface area contributed by atoms with Gasteiger partial charge in [0.2, 0.25) is 20.3 Å². The van der Waals surface area contributed by atoms with Gasteiger partial charge in [0.15, 0.2) is 0 Å². The van der Waals surface area contributed by atoms with E-state index < -0.39 is 15.6 Å². The summed E-state index contributed by atoms with van der Waals surface area (Å²) in [5.41, 5.74) is -0.801. The Morgan fingerprint density at radius 2 is 2.00 bits per heavy atom. The average molecular weight is 408 g/mol. The summed E-state index contributed by atoms with van der Waals surface area (Å²) >= 11 is 0.958. The number of hydrogen-bond donors (Lipinski definition) is 3. The van der Waals surface area contributed by atoms with Gasteiger partial charge in [-0.05, 0) is 32.0 Å². The Morgan fingerprint density at radius 3 is 2.60 bits per heavy atom. The molecule has 0 aliphatic carbocycles. The Bertz CT molecular complexity index is 816. The minimum absolute atomic E-state index is 0. The normalized spacial score (nSPS) is 16.7. The highest BCUT2D eigenvalue weighted by Crippen LogP contribution is 2.30. The van der Waals surface area contributed by atoms with E-state index in [1.54, 1.807) is 23.1 Å². The zero-order chi connectivity index (χ0) is 17.2. The van der Waals surface area contributed by atoms with E-state index in [0.717, 1.165) is 17.6 Å². The van der Waals surface area contributed by atoms with Crippen LogP contribution in [0.3, 0.4) is 0 Å². The summed E-state index contributed by atoms with van der Waals surface area (Å²) < 4.78 is 26.3. The van der Waals surface area contributed by atoms with Gasteiger partial charge >= 0.3 is 0 Å². The van der Waals surface area contributed by atoms with Crippen molar-refractivity contribution in [3.05, 3.63) is 18.5 Å². The second-order valence-corrected chi connectivity index (χ2v) is 8.20. The first-order valence-electron chi connectivity index (χ1n) is 7.23. The zero-order valence-corrected chi connectivity index (χ0v) is 15.7. The van der Waals surface area contributed by atoms with Crippen LogP contribution in [0.4, 0.5) is 10.3 Å². The molecular formula is C12H18ClN7O3S2. The number of piperidine rings is 1. The Labute approximate surface area is 154 Å². The lowest BCUT2D eigenvalue weighted by molar-refractivity contribution is -0.126. The molecule has 3 N–H and O–H groups in total. The van der Waals surface area contributed by atoms with Crippen LogP contribution in [0.5, 0.6) is 0 Å². The second-order valence-electron chi connectivity index (χ2n) is 5.47. The lowest BCUT2D eigenvalue weighted by Gasteiger charge is -2.36. The summed E-state index contributed by atoms with van der Waals surface area (Å²) in [6.45, 7) is 1.40. The molecule has 138 valence electrons. The van der Waals surface area contributed by atoms with Crippen LogP contribution in [-0.4, -0.2) is 53.6 Å². The summed E-state index contributed by atoms with van der Waals surface area (Å²) in [7, 11) is -3.44. The Hall–Kier alpha value is -1.76. The third kappa shape index (κ3) is 4.45. The molecule has 13 heteroatoms. The van der Waals surface area contributed by atoms with Gasteiger partial charge in [-0.25, -0.2) is 8.42 Å². The maximum atomic E-state index is 12.9. The first-order chi connectivity index (χ1) is 11.4. The SMILES string of the molecule is CS(=O)(=O)Nc1nnc(NC(=O)C2(n3cccn3)CCNCC2)s1.Cl. The van der Waals surface area contributed by atoms with Gasteiger partial charge < -0.3 is 5.32 Å². The number of rotatable bonds is 5. The predicted octanol–water partition coefficient (Wildman–Crippen LogP) is 0.245. The van der Waals surface area contributed by atoms with Gasteiger partial charge in [0.25, 0.3) is 5.91 Å². The quantitative estimate of drug-likeness (QED) is 0.647. The van der Waals surface area contributed by atoms with E-state index in [0.29, 0.717) is 25.9 Å². The van der Waals surface area contributed by atoms with Crippen LogP contribution in [-0.2, 0) is 20.4 Å². The molecule has 1 aliphatic heterocycles. The third-order valence-corrected chi connectivity index (χ3v) is 5.16. The zero-order valence-electron chi connectivity index (χ0n) is 13.3. The van der Waals surface area contributed by atoms with Gasteiger partial charge in [0, 0.05) is 12.4 Å². The van der Waals surface area contributed by atoms with Crippen LogP contribution in [0.25, 0.3) is 0 Å². The fourth-order valence-electron chi connectivity index (χ4n) is 2.61. The summed E-state index contributed by atoms with van der Waals surface area (Å²) in [6.07, 6.45) is 5.60. The second kappa shape index (κ2) is 7.64. The standard InChI is InChI=1S/C12H17N7O3S2.ClH/c1-24(21,22)18-11-17-16-10(23-11)15-9(20)12(3-6-13-7-4-12)19-8-2-5-14-19;/h2,5,8,13H,3-4,6-7H2,1H3,(H,17,18)(H,15,16,20);1H. The average Bonchev–Trinajstić information content (AvgIpc) is 3.18. The van der Waals surface area contributed by atoms with Crippen molar-refractivity contribution in [3.8, 4) is 0 Å². The Kier molecular flexibility index (Phi) is 5.98. The van der Waals surface area contributed by atoms with E-state index in [2.05, 4.69) is 30.7 Å². The monoisotopic (exact) mass is 407 g/mol. The summed E-state index contributed by atoms with van der Waals surface area (Å²) in [5, 5.41) is 18.1. The summed E-state index contributed by atoms with van der Waals surface area (Å²) in [5.74, 6) is -0.241. The number of carbonyl (C=O) groups is 1. The maximum absolute atomic E-state index is 12.9. The number of nitrogens with one attached hydrogen (secondary N) is 3. The molecule has 0 saturated carbocycles. The van der Waals surface area contributed by atoms with Crippen molar-refractivity contribution < 1.29 is 13.2 Å². The number of sulfonamides is 1. The van der Waals surface area contributed by atoms with Crippen molar-refractivity contribution in [2.45, 2.75) is 18.4 Å². The van der Waals surface area contributed by atoms with Gasteiger partial charge in [-0.3, -0.25) is 19.5 Å². The molecule has 25 heavy (non-hydrogen) atoms. The number of hydrogen-bond acceptors (Lipinski definition) is 8. The molecular weight excluding hydrogens is 390 g/mol. The van der Waals surface area contributed by atoms with Crippen molar-refractivity contribution in [1.82, 2.24) is 25.3 Å². The predicted molar refractivity (Wildman–Crippen MR) is 96.6 cm³/mol. The number of anilines is 2. The molecule has 0 aromatic carbocycles. The van der Waals surface area contributed by atoms with E-state index in [1.165, 1.54) is 0 Å². The lowest BCUT2D eigenvalue weighted by Crippen LogP contribution is -2.52. The number of halogens is 1. The molecule has 0 bridgehead atoms. The summed E-state index contributed by atoms with van der Waals surface area (Å²) in [6, 6.07) is 1.77. The minimum atomic E-state index is -3.44. The number of amides is 1. The molecule has 2 aromatic rings. The molecule has 2 aromatic heterocycles. The highest BCUT2D eigenvalue weighted by Gasteiger charge is 2.42. The fourth-order valence-corrected chi connectivity index (χ4v) is 4.08. The van der Waals surface area contributed by atoms with Crippen molar-refractivity contribution >= 4 is 49.9 Å². The third-order valence-electron chi connectivity index (χ3n) is 3.71. The van der Waals surface area contributed by atoms with Crippen LogP contribution in [0, 0.1) is 0 Å². The first kappa shape index (κ1) is 19.6. The molecule has 1 aliphatic rings.